The summed E-state index contributed by atoms with van der Waals surface area (Å²) in [5, 5.41) is 2.79. The predicted molar refractivity (Wildman–Crippen MR) is 84.6 cm³/mol. The summed E-state index contributed by atoms with van der Waals surface area (Å²) in [6.07, 6.45) is 0.221. The van der Waals surface area contributed by atoms with Gasteiger partial charge in [-0.25, -0.2) is 0 Å². The van der Waals surface area contributed by atoms with E-state index in [9.17, 15) is 9.00 Å². The minimum absolute atomic E-state index is 0.105. The van der Waals surface area contributed by atoms with E-state index in [4.69, 9.17) is 15.2 Å². The van der Waals surface area contributed by atoms with Crippen LogP contribution in [-0.4, -0.2) is 42.2 Å². The fourth-order valence-electron chi connectivity index (χ4n) is 1.93. The maximum absolute atomic E-state index is 12.2. The fourth-order valence-corrected chi connectivity index (χ4v) is 2.99. The van der Waals surface area contributed by atoms with E-state index < -0.39 is 10.8 Å². The third-order valence-electron chi connectivity index (χ3n) is 3.34. The van der Waals surface area contributed by atoms with Gasteiger partial charge < -0.3 is 20.5 Å². The Balaban J connectivity index is 1.83. The molecule has 0 saturated heterocycles. The van der Waals surface area contributed by atoms with Crippen LogP contribution in [-0.2, 0) is 15.6 Å². The SMILES string of the molecule is CC(CN)CNC(=O)CCS(=O)c1ccc2c(c1)OCCO2. The lowest BCUT2D eigenvalue weighted by atomic mass is 10.2. The van der Waals surface area contributed by atoms with Crippen LogP contribution in [0, 0.1) is 5.92 Å². The maximum Gasteiger partial charge on any atom is 0.220 e. The highest BCUT2D eigenvalue weighted by atomic mass is 32.2. The van der Waals surface area contributed by atoms with Crippen LogP contribution in [0.2, 0.25) is 0 Å². The summed E-state index contributed by atoms with van der Waals surface area (Å²) >= 11 is 0. The molecule has 22 heavy (non-hydrogen) atoms. The summed E-state index contributed by atoms with van der Waals surface area (Å²) in [7, 11) is -1.24. The summed E-state index contributed by atoms with van der Waals surface area (Å²) < 4.78 is 23.1. The van der Waals surface area contributed by atoms with E-state index in [1.807, 2.05) is 6.92 Å². The molecule has 7 heteroatoms. The lowest BCUT2D eigenvalue weighted by Gasteiger charge is -2.18. The topological polar surface area (TPSA) is 90.7 Å². The molecule has 0 saturated carbocycles. The Hall–Kier alpha value is -1.60. The van der Waals surface area contributed by atoms with Gasteiger partial charge in [-0.2, -0.15) is 0 Å². The Kier molecular flexibility index (Phi) is 6.21. The van der Waals surface area contributed by atoms with Crippen molar-refractivity contribution in [2.75, 3.05) is 32.1 Å². The van der Waals surface area contributed by atoms with Gasteiger partial charge in [0.2, 0.25) is 5.91 Å². The third-order valence-corrected chi connectivity index (χ3v) is 4.70. The van der Waals surface area contributed by atoms with Crippen molar-refractivity contribution in [3.63, 3.8) is 0 Å². The minimum atomic E-state index is -1.24. The Labute approximate surface area is 132 Å². The van der Waals surface area contributed by atoms with Gasteiger partial charge in [0.25, 0.3) is 0 Å². The molecular formula is C15H22N2O4S. The van der Waals surface area contributed by atoms with Gasteiger partial charge in [-0.05, 0) is 24.6 Å². The minimum Gasteiger partial charge on any atom is -0.486 e. The van der Waals surface area contributed by atoms with Crippen molar-refractivity contribution < 1.29 is 18.5 Å². The highest BCUT2D eigenvalue weighted by Gasteiger charge is 2.15. The van der Waals surface area contributed by atoms with Crippen LogP contribution in [0.15, 0.2) is 23.1 Å². The first-order valence-corrected chi connectivity index (χ1v) is 8.67. The second-order valence-electron chi connectivity index (χ2n) is 5.25. The van der Waals surface area contributed by atoms with Crippen molar-refractivity contribution in [2.45, 2.75) is 18.2 Å². The molecule has 3 N–H and O–H groups in total. The van der Waals surface area contributed by atoms with Crippen molar-refractivity contribution in [3.8, 4) is 11.5 Å². The van der Waals surface area contributed by atoms with E-state index >= 15 is 0 Å². The first kappa shape index (κ1) is 16.8. The summed E-state index contributed by atoms with van der Waals surface area (Å²) in [6, 6.07) is 5.22. The smallest absolute Gasteiger partial charge is 0.220 e. The van der Waals surface area contributed by atoms with Gasteiger partial charge in [-0.15, -0.1) is 0 Å². The number of hydrogen-bond donors (Lipinski definition) is 2. The fraction of sp³-hybridized carbons (Fsp3) is 0.533. The molecule has 0 spiro atoms. The first-order valence-electron chi connectivity index (χ1n) is 7.35. The van der Waals surface area contributed by atoms with E-state index in [1.54, 1.807) is 18.2 Å². The highest BCUT2D eigenvalue weighted by molar-refractivity contribution is 7.85. The van der Waals surface area contributed by atoms with Gasteiger partial charge in [-0.1, -0.05) is 6.92 Å². The third kappa shape index (κ3) is 4.71. The number of carbonyl (C=O) groups excluding carboxylic acids is 1. The van der Waals surface area contributed by atoms with E-state index in [-0.39, 0.29) is 24.0 Å². The zero-order chi connectivity index (χ0) is 15.9. The molecular weight excluding hydrogens is 304 g/mol. The molecule has 1 aromatic carbocycles. The number of carbonyl (C=O) groups is 1. The molecule has 0 aromatic heterocycles. The molecule has 122 valence electrons. The Morgan fingerprint density at radius 3 is 2.82 bits per heavy atom. The standard InChI is InChI=1S/C15H22N2O4S/c1-11(9-16)10-17-15(18)4-7-22(19)12-2-3-13-14(8-12)21-6-5-20-13/h2-3,8,11H,4-7,9-10,16H2,1H3,(H,17,18). The summed E-state index contributed by atoms with van der Waals surface area (Å²) in [5.74, 6) is 1.69. The molecule has 1 aromatic rings. The van der Waals surface area contributed by atoms with Crippen molar-refractivity contribution in [3.05, 3.63) is 18.2 Å². The Morgan fingerprint density at radius 2 is 2.09 bits per heavy atom. The van der Waals surface area contributed by atoms with Crippen LogP contribution < -0.4 is 20.5 Å². The molecule has 6 nitrogen and oxygen atoms in total. The van der Waals surface area contributed by atoms with E-state index in [0.29, 0.717) is 42.7 Å². The largest absolute Gasteiger partial charge is 0.486 e. The summed E-state index contributed by atoms with van der Waals surface area (Å²) in [4.78, 5) is 12.3. The lowest BCUT2D eigenvalue weighted by Crippen LogP contribution is -2.31. The monoisotopic (exact) mass is 326 g/mol. The molecule has 2 rings (SSSR count). The van der Waals surface area contributed by atoms with Gasteiger partial charge in [-0.3, -0.25) is 9.00 Å². The van der Waals surface area contributed by atoms with Crippen LogP contribution in [0.3, 0.4) is 0 Å². The Bertz CT molecular complexity index is 550. The summed E-state index contributed by atoms with van der Waals surface area (Å²) in [5.41, 5.74) is 5.49. The molecule has 0 aliphatic carbocycles. The van der Waals surface area contributed by atoms with Gasteiger partial charge in [0.05, 0.1) is 10.8 Å². The van der Waals surface area contributed by atoms with E-state index in [0.717, 1.165) is 0 Å². The lowest BCUT2D eigenvalue weighted by molar-refractivity contribution is -0.120. The van der Waals surface area contributed by atoms with Crippen LogP contribution in [0.5, 0.6) is 11.5 Å². The normalized spacial score (nSPS) is 15.9. The molecule has 1 aliphatic heterocycles. The first-order chi connectivity index (χ1) is 10.6. The van der Waals surface area contributed by atoms with E-state index in [2.05, 4.69) is 5.32 Å². The number of nitrogens with two attached hydrogens (primary N) is 1. The Morgan fingerprint density at radius 1 is 1.36 bits per heavy atom. The van der Waals surface area contributed by atoms with Crippen LogP contribution in [0.1, 0.15) is 13.3 Å². The van der Waals surface area contributed by atoms with E-state index in [1.165, 1.54) is 0 Å². The maximum atomic E-state index is 12.2. The van der Waals surface area contributed by atoms with Gasteiger partial charge in [0.1, 0.15) is 13.2 Å². The molecule has 0 radical (unpaired) electrons. The quantitative estimate of drug-likeness (QED) is 0.768. The zero-order valence-corrected chi connectivity index (χ0v) is 13.5. The van der Waals surface area contributed by atoms with Gasteiger partial charge in [0, 0.05) is 29.7 Å². The molecule has 1 amide bonds. The zero-order valence-electron chi connectivity index (χ0n) is 12.7. The van der Waals surface area contributed by atoms with Crippen molar-refractivity contribution in [1.82, 2.24) is 5.32 Å². The second-order valence-corrected chi connectivity index (χ2v) is 6.82. The number of benzene rings is 1. The number of rotatable bonds is 7. The average molecular weight is 326 g/mol. The highest BCUT2D eigenvalue weighted by Crippen LogP contribution is 2.31. The van der Waals surface area contributed by atoms with Crippen LogP contribution in [0.25, 0.3) is 0 Å². The molecule has 1 aliphatic rings. The van der Waals surface area contributed by atoms with Crippen molar-refractivity contribution in [2.24, 2.45) is 11.7 Å². The second kappa shape index (κ2) is 8.14. The van der Waals surface area contributed by atoms with Crippen LogP contribution >= 0.6 is 0 Å². The number of fused-ring (bicyclic) bond motifs is 1. The number of hydrogen-bond acceptors (Lipinski definition) is 5. The van der Waals surface area contributed by atoms with Crippen molar-refractivity contribution in [1.29, 1.82) is 0 Å². The molecule has 2 unspecified atom stereocenters. The molecule has 0 fully saturated rings. The molecule has 1 heterocycles. The molecule has 2 atom stereocenters. The van der Waals surface area contributed by atoms with Crippen LogP contribution in [0.4, 0.5) is 0 Å². The van der Waals surface area contributed by atoms with Crippen molar-refractivity contribution >= 4 is 16.7 Å². The van der Waals surface area contributed by atoms with Gasteiger partial charge >= 0.3 is 0 Å². The number of nitrogens with one attached hydrogen (secondary N) is 1. The predicted octanol–water partition coefficient (Wildman–Crippen LogP) is 0.666. The summed E-state index contributed by atoms with van der Waals surface area (Å²) in [6.45, 7) is 4.06. The van der Waals surface area contributed by atoms with Gasteiger partial charge in [0.15, 0.2) is 11.5 Å². The molecule has 0 bridgehead atoms. The average Bonchev–Trinajstić information content (AvgIpc) is 2.56. The number of amides is 1. The number of ether oxygens (including phenoxy) is 2.